The van der Waals surface area contributed by atoms with Crippen molar-refractivity contribution in [3.63, 3.8) is 0 Å². The minimum Gasteiger partial charge on any atom is -0.368 e. The van der Waals surface area contributed by atoms with Crippen LogP contribution in [0.4, 0.5) is 10.1 Å². The molecule has 2 N–H and O–H groups in total. The lowest BCUT2D eigenvalue weighted by Gasteiger charge is -2.23. The number of hydrogen-bond acceptors (Lipinski definition) is 2. The Hall–Kier alpha value is -2.69. The molecule has 3 rings (SSSR count). The fraction of sp³-hybridized carbons (Fsp3) is 0.125. The van der Waals surface area contributed by atoms with Gasteiger partial charge in [-0.2, -0.15) is 0 Å². The largest absolute Gasteiger partial charge is 0.368 e. The molecular weight excluding hydrogens is 271 g/mol. The molecule has 4 nitrogen and oxygen atoms in total. The van der Waals surface area contributed by atoms with Gasteiger partial charge in [-0.25, -0.2) is 4.39 Å². The number of fused-ring (bicyclic) bond motifs is 1. The maximum atomic E-state index is 13.3. The van der Waals surface area contributed by atoms with Gasteiger partial charge in [0, 0.05) is 17.7 Å². The molecule has 0 saturated heterocycles. The first kappa shape index (κ1) is 13.3. The van der Waals surface area contributed by atoms with Crippen molar-refractivity contribution in [1.82, 2.24) is 0 Å². The Bertz CT molecular complexity index is 730. The highest BCUT2D eigenvalue weighted by molar-refractivity contribution is 6.11. The summed E-state index contributed by atoms with van der Waals surface area (Å²) in [6.07, 6.45) is 0.382. The minimum atomic E-state index is -0.738. The van der Waals surface area contributed by atoms with Crippen LogP contribution in [0.25, 0.3) is 0 Å². The normalized spacial score (nSPS) is 16.6. The molecule has 1 atom stereocenters. The van der Waals surface area contributed by atoms with Crippen molar-refractivity contribution < 1.29 is 14.0 Å². The number of amides is 2. The Balaban J connectivity index is 2.05. The standard InChI is InChI=1S/C16H13FN2O2/c17-12-6-3-5-11(8-12)16(21)19-13-7-2-1-4-10(13)9-14(19)15(18)20/h1-8,14H,9H2,(H2,18,20). The molecule has 2 amide bonds. The van der Waals surface area contributed by atoms with Crippen LogP contribution in [0.5, 0.6) is 0 Å². The summed E-state index contributed by atoms with van der Waals surface area (Å²) in [5.74, 6) is -1.50. The maximum absolute atomic E-state index is 13.3. The van der Waals surface area contributed by atoms with E-state index in [0.717, 1.165) is 11.6 Å². The Kier molecular flexibility index (Phi) is 3.17. The summed E-state index contributed by atoms with van der Waals surface area (Å²) in [6.45, 7) is 0. The van der Waals surface area contributed by atoms with E-state index in [1.807, 2.05) is 12.1 Å². The number of carbonyl (C=O) groups excluding carboxylic acids is 2. The van der Waals surface area contributed by atoms with E-state index in [4.69, 9.17) is 5.73 Å². The predicted molar refractivity (Wildman–Crippen MR) is 76.3 cm³/mol. The monoisotopic (exact) mass is 284 g/mol. The highest BCUT2D eigenvalue weighted by Gasteiger charge is 2.37. The molecule has 0 aromatic heterocycles. The summed E-state index contributed by atoms with van der Waals surface area (Å²) >= 11 is 0. The van der Waals surface area contributed by atoms with Gasteiger partial charge in [-0.1, -0.05) is 24.3 Å². The number of nitrogens with zero attached hydrogens (tertiary/aromatic N) is 1. The zero-order valence-electron chi connectivity index (χ0n) is 11.1. The van der Waals surface area contributed by atoms with E-state index in [-0.39, 0.29) is 5.56 Å². The fourth-order valence-electron chi connectivity index (χ4n) is 2.63. The number of primary amides is 1. The summed E-state index contributed by atoms with van der Waals surface area (Å²) in [4.78, 5) is 25.6. The number of para-hydroxylation sites is 1. The number of carbonyl (C=O) groups is 2. The second kappa shape index (κ2) is 5.01. The second-order valence-corrected chi connectivity index (χ2v) is 4.94. The summed E-state index contributed by atoms with van der Waals surface area (Å²) in [6, 6.07) is 11.9. The van der Waals surface area contributed by atoms with Crippen molar-refractivity contribution in [2.24, 2.45) is 5.73 Å². The molecule has 21 heavy (non-hydrogen) atoms. The number of rotatable bonds is 2. The minimum absolute atomic E-state index is 0.193. The van der Waals surface area contributed by atoms with E-state index in [2.05, 4.69) is 0 Å². The van der Waals surface area contributed by atoms with Gasteiger partial charge < -0.3 is 5.73 Å². The lowest BCUT2D eigenvalue weighted by atomic mass is 10.1. The van der Waals surface area contributed by atoms with Gasteiger partial charge in [0.05, 0.1) is 0 Å². The maximum Gasteiger partial charge on any atom is 0.259 e. The van der Waals surface area contributed by atoms with Crippen molar-refractivity contribution in [2.75, 3.05) is 4.90 Å². The van der Waals surface area contributed by atoms with Crippen molar-refractivity contribution in [3.05, 3.63) is 65.5 Å². The van der Waals surface area contributed by atoms with Crippen LogP contribution in [-0.2, 0) is 11.2 Å². The van der Waals surface area contributed by atoms with E-state index >= 15 is 0 Å². The Morgan fingerprint density at radius 3 is 2.62 bits per heavy atom. The summed E-state index contributed by atoms with van der Waals surface area (Å²) < 4.78 is 13.3. The van der Waals surface area contributed by atoms with Crippen molar-refractivity contribution in [3.8, 4) is 0 Å². The average molecular weight is 284 g/mol. The van der Waals surface area contributed by atoms with E-state index in [1.54, 1.807) is 12.1 Å². The number of anilines is 1. The molecule has 0 spiro atoms. The van der Waals surface area contributed by atoms with Crippen molar-refractivity contribution in [2.45, 2.75) is 12.5 Å². The molecule has 1 aliphatic heterocycles. The zero-order chi connectivity index (χ0) is 15.0. The van der Waals surface area contributed by atoms with Gasteiger partial charge in [0.2, 0.25) is 5.91 Å². The van der Waals surface area contributed by atoms with Gasteiger partial charge in [-0.15, -0.1) is 0 Å². The van der Waals surface area contributed by atoms with Crippen molar-refractivity contribution in [1.29, 1.82) is 0 Å². The van der Waals surface area contributed by atoms with Gasteiger partial charge in [0.25, 0.3) is 5.91 Å². The quantitative estimate of drug-likeness (QED) is 0.915. The van der Waals surface area contributed by atoms with Crippen LogP contribution >= 0.6 is 0 Å². The molecule has 0 radical (unpaired) electrons. The van der Waals surface area contributed by atoms with Gasteiger partial charge in [0.1, 0.15) is 11.9 Å². The number of halogens is 1. The third-order valence-corrected chi connectivity index (χ3v) is 3.59. The van der Waals surface area contributed by atoms with Gasteiger partial charge in [0.15, 0.2) is 0 Å². The van der Waals surface area contributed by atoms with Crippen LogP contribution in [0.2, 0.25) is 0 Å². The highest BCUT2D eigenvalue weighted by atomic mass is 19.1. The van der Waals surface area contributed by atoms with Gasteiger partial charge in [-0.05, 0) is 29.8 Å². The van der Waals surface area contributed by atoms with Crippen LogP contribution in [0.3, 0.4) is 0 Å². The third-order valence-electron chi connectivity index (χ3n) is 3.59. The smallest absolute Gasteiger partial charge is 0.259 e. The molecule has 0 bridgehead atoms. The van der Waals surface area contributed by atoms with Crippen LogP contribution in [0, 0.1) is 5.82 Å². The van der Waals surface area contributed by atoms with E-state index in [9.17, 15) is 14.0 Å². The first-order chi connectivity index (χ1) is 10.1. The average Bonchev–Trinajstić information content (AvgIpc) is 2.86. The molecule has 5 heteroatoms. The molecule has 0 aliphatic carbocycles. The molecule has 1 heterocycles. The van der Waals surface area contributed by atoms with Crippen LogP contribution < -0.4 is 10.6 Å². The molecule has 1 unspecified atom stereocenters. The molecule has 0 fully saturated rings. The SMILES string of the molecule is NC(=O)C1Cc2ccccc2N1C(=O)c1cccc(F)c1. The summed E-state index contributed by atoms with van der Waals surface area (Å²) in [5.41, 5.74) is 7.13. The summed E-state index contributed by atoms with van der Waals surface area (Å²) in [5, 5.41) is 0. The topological polar surface area (TPSA) is 63.4 Å². The Labute approximate surface area is 121 Å². The third kappa shape index (κ3) is 2.27. The van der Waals surface area contributed by atoms with E-state index in [1.165, 1.54) is 23.1 Å². The van der Waals surface area contributed by atoms with E-state index < -0.39 is 23.7 Å². The van der Waals surface area contributed by atoms with E-state index in [0.29, 0.717) is 12.1 Å². The lowest BCUT2D eigenvalue weighted by molar-refractivity contribution is -0.119. The molecule has 2 aromatic carbocycles. The molecule has 106 valence electrons. The number of benzene rings is 2. The van der Waals surface area contributed by atoms with Crippen LogP contribution in [0.1, 0.15) is 15.9 Å². The molecule has 2 aromatic rings. The Morgan fingerprint density at radius 2 is 1.90 bits per heavy atom. The Morgan fingerprint density at radius 1 is 1.14 bits per heavy atom. The predicted octanol–water partition coefficient (Wildman–Crippen LogP) is 1.88. The molecule has 0 saturated carbocycles. The lowest BCUT2D eigenvalue weighted by Crippen LogP contribution is -2.46. The van der Waals surface area contributed by atoms with Crippen LogP contribution in [-0.4, -0.2) is 17.9 Å². The summed E-state index contributed by atoms with van der Waals surface area (Å²) in [7, 11) is 0. The van der Waals surface area contributed by atoms with Crippen molar-refractivity contribution >= 4 is 17.5 Å². The highest BCUT2D eigenvalue weighted by Crippen LogP contribution is 2.33. The van der Waals surface area contributed by atoms with Gasteiger partial charge >= 0.3 is 0 Å². The van der Waals surface area contributed by atoms with Crippen LogP contribution in [0.15, 0.2) is 48.5 Å². The molecular formula is C16H13FN2O2. The van der Waals surface area contributed by atoms with Gasteiger partial charge in [-0.3, -0.25) is 14.5 Å². The first-order valence-electron chi connectivity index (χ1n) is 6.54. The fourth-order valence-corrected chi connectivity index (χ4v) is 2.63. The zero-order valence-corrected chi connectivity index (χ0v) is 11.1. The first-order valence-corrected chi connectivity index (χ1v) is 6.54. The molecule has 1 aliphatic rings. The number of nitrogens with two attached hydrogens (primary N) is 1. The number of hydrogen-bond donors (Lipinski definition) is 1. The second-order valence-electron chi connectivity index (χ2n) is 4.94.